The summed E-state index contributed by atoms with van der Waals surface area (Å²) < 4.78 is 5.51. The van der Waals surface area contributed by atoms with Gasteiger partial charge in [-0.15, -0.1) is 0 Å². The molecule has 0 bridgehead atoms. The number of fused-ring (bicyclic) bond motifs is 1. The molecule has 1 aliphatic heterocycles. The van der Waals surface area contributed by atoms with Crippen LogP contribution in [0.4, 0.5) is 0 Å². The van der Waals surface area contributed by atoms with Gasteiger partial charge in [-0.3, -0.25) is 9.59 Å². The third kappa shape index (κ3) is 3.26. The van der Waals surface area contributed by atoms with E-state index in [-0.39, 0.29) is 17.7 Å². The quantitative estimate of drug-likeness (QED) is 0.869. The average Bonchev–Trinajstić information content (AvgIpc) is 3.43. The van der Waals surface area contributed by atoms with Crippen LogP contribution in [0.5, 0.6) is 5.75 Å². The third-order valence-electron chi connectivity index (χ3n) is 5.41. The minimum absolute atomic E-state index is 0.0132. The number of carbonyl (C=O) groups excluding carboxylic acids is 2. The summed E-state index contributed by atoms with van der Waals surface area (Å²) in [6.07, 6.45) is 3.21. The Bertz CT molecular complexity index is 844. The third-order valence-corrected chi connectivity index (χ3v) is 5.41. The van der Waals surface area contributed by atoms with Crippen LogP contribution >= 0.6 is 0 Å². The summed E-state index contributed by atoms with van der Waals surface area (Å²) >= 11 is 0. The normalized spacial score (nSPS) is 19.8. The lowest BCUT2D eigenvalue weighted by Crippen LogP contribution is -2.34. The topological polar surface area (TPSA) is 58.6 Å². The van der Waals surface area contributed by atoms with Crippen LogP contribution in [0, 0.1) is 5.92 Å². The molecule has 0 aromatic heterocycles. The molecule has 2 aromatic carbocycles. The van der Waals surface area contributed by atoms with E-state index in [4.69, 9.17) is 4.74 Å². The van der Waals surface area contributed by atoms with E-state index in [0.29, 0.717) is 32.0 Å². The van der Waals surface area contributed by atoms with E-state index < -0.39 is 0 Å². The highest BCUT2D eigenvalue weighted by Gasteiger charge is 2.41. The van der Waals surface area contributed by atoms with Crippen LogP contribution in [0.2, 0.25) is 0 Å². The van der Waals surface area contributed by atoms with E-state index in [9.17, 15) is 9.59 Å². The van der Waals surface area contributed by atoms with E-state index in [0.717, 1.165) is 34.9 Å². The molecule has 2 amide bonds. The van der Waals surface area contributed by atoms with Gasteiger partial charge in [0.05, 0.1) is 13.0 Å². The van der Waals surface area contributed by atoms with Crippen molar-refractivity contribution in [1.82, 2.24) is 10.2 Å². The van der Waals surface area contributed by atoms with Crippen LogP contribution in [-0.2, 0) is 16.0 Å². The van der Waals surface area contributed by atoms with Gasteiger partial charge in [0.15, 0.2) is 0 Å². The number of carbonyl (C=O) groups is 2. The molecule has 5 nitrogen and oxygen atoms in total. The Morgan fingerprint density at radius 3 is 2.81 bits per heavy atom. The Kier molecular flexibility index (Phi) is 4.53. The molecule has 1 saturated heterocycles. The first-order valence-corrected chi connectivity index (χ1v) is 9.29. The average molecular weight is 352 g/mol. The molecule has 1 atom stereocenters. The van der Waals surface area contributed by atoms with Crippen LogP contribution in [0.25, 0.3) is 10.8 Å². The summed E-state index contributed by atoms with van der Waals surface area (Å²) in [4.78, 5) is 26.4. The number of amides is 2. The van der Waals surface area contributed by atoms with Crippen LogP contribution in [-0.4, -0.2) is 43.0 Å². The van der Waals surface area contributed by atoms with Crippen molar-refractivity contribution in [2.45, 2.75) is 31.7 Å². The van der Waals surface area contributed by atoms with Gasteiger partial charge in [0, 0.05) is 31.1 Å². The molecule has 1 N–H and O–H groups in total. The smallest absolute Gasteiger partial charge is 0.225 e. The predicted molar refractivity (Wildman–Crippen MR) is 100 cm³/mol. The number of likely N-dealkylation sites (tertiary alicyclic amines) is 1. The van der Waals surface area contributed by atoms with E-state index in [1.54, 1.807) is 7.11 Å². The maximum Gasteiger partial charge on any atom is 0.225 e. The number of hydrogen-bond donors (Lipinski definition) is 1. The van der Waals surface area contributed by atoms with Gasteiger partial charge in [-0.2, -0.15) is 0 Å². The second-order valence-corrected chi connectivity index (χ2v) is 7.19. The zero-order chi connectivity index (χ0) is 18.1. The number of hydrogen-bond acceptors (Lipinski definition) is 3. The zero-order valence-corrected chi connectivity index (χ0v) is 15.0. The van der Waals surface area contributed by atoms with Crippen molar-refractivity contribution in [3.05, 3.63) is 42.0 Å². The molecule has 1 heterocycles. The molecule has 2 aliphatic rings. The molecule has 4 rings (SSSR count). The van der Waals surface area contributed by atoms with E-state index in [2.05, 4.69) is 17.4 Å². The molecule has 0 radical (unpaired) electrons. The lowest BCUT2D eigenvalue weighted by molar-refractivity contribution is -0.129. The first-order valence-electron chi connectivity index (χ1n) is 9.29. The van der Waals surface area contributed by atoms with E-state index in [1.165, 1.54) is 0 Å². The number of benzene rings is 2. The van der Waals surface area contributed by atoms with Crippen molar-refractivity contribution < 1.29 is 14.3 Å². The lowest BCUT2D eigenvalue weighted by Gasteiger charge is -2.16. The van der Waals surface area contributed by atoms with Gasteiger partial charge in [-0.1, -0.05) is 30.3 Å². The fraction of sp³-hybridized carbons (Fsp3) is 0.429. The fourth-order valence-electron chi connectivity index (χ4n) is 3.87. The first kappa shape index (κ1) is 16.9. The number of ether oxygens (including phenoxy) is 1. The van der Waals surface area contributed by atoms with Crippen molar-refractivity contribution in [2.75, 3.05) is 20.2 Å². The largest absolute Gasteiger partial charge is 0.496 e. The molecular weight excluding hydrogens is 328 g/mol. The highest BCUT2D eigenvalue weighted by Crippen LogP contribution is 2.32. The number of nitrogens with zero attached hydrogens (tertiary/aromatic N) is 1. The molecule has 136 valence electrons. The van der Waals surface area contributed by atoms with Crippen molar-refractivity contribution >= 4 is 22.6 Å². The minimum atomic E-state index is -0.211. The molecule has 1 aliphatic carbocycles. The van der Waals surface area contributed by atoms with Crippen LogP contribution < -0.4 is 10.1 Å². The second kappa shape index (κ2) is 6.98. The van der Waals surface area contributed by atoms with Crippen LogP contribution in [0.3, 0.4) is 0 Å². The Morgan fingerprint density at radius 2 is 2.04 bits per heavy atom. The van der Waals surface area contributed by atoms with Crippen molar-refractivity contribution in [3.8, 4) is 5.75 Å². The Hall–Kier alpha value is -2.56. The standard InChI is InChI=1S/C21H24N2O3/c1-26-19-9-6-14-4-2-3-5-17(14)18(19)10-11-22-21(25)15-12-20(24)23(13-15)16-7-8-16/h2-6,9,15-16H,7-8,10-13H2,1H3,(H,22,25)/t15-/m0/s1. The predicted octanol–water partition coefficient (Wildman–Crippen LogP) is 2.52. The minimum Gasteiger partial charge on any atom is -0.496 e. The van der Waals surface area contributed by atoms with Gasteiger partial charge in [0.1, 0.15) is 5.75 Å². The zero-order valence-electron chi connectivity index (χ0n) is 15.0. The Balaban J connectivity index is 1.39. The second-order valence-electron chi connectivity index (χ2n) is 7.19. The highest BCUT2D eigenvalue weighted by atomic mass is 16.5. The molecule has 0 spiro atoms. The molecule has 2 fully saturated rings. The van der Waals surface area contributed by atoms with Crippen LogP contribution in [0.1, 0.15) is 24.8 Å². The van der Waals surface area contributed by atoms with E-state index >= 15 is 0 Å². The molecule has 1 saturated carbocycles. The van der Waals surface area contributed by atoms with Crippen molar-refractivity contribution in [1.29, 1.82) is 0 Å². The number of rotatable bonds is 6. The fourth-order valence-corrected chi connectivity index (χ4v) is 3.87. The van der Waals surface area contributed by atoms with Crippen LogP contribution in [0.15, 0.2) is 36.4 Å². The summed E-state index contributed by atoms with van der Waals surface area (Å²) in [5, 5.41) is 5.33. The monoisotopic (exact) mass is 352 g/mol. The first-order chi connectivity index (χ1) is 12.7. The SMILES string of the molecule is COc1ccc2ccccc2c1CCNC(=O)[C@H]1CC(=O)N(C2CC2)C1. The van der Waals surface area contributed by atoms with Gasteiger partial charge in [0.2, 0.25) is 11.8 Å². The summed E-state index contributed by atoms with van der Waals surface area (Å²) in [6, 6.07) is 12.6. The summed E-state index contributed by atoms with van der Waals surface area (Å²) in [7, 11) is 1.67. The van der Waals surface area contributed by atoms with E-state index in [1.807, 2.05) is 29.2 Å². The van der Waals surface area contributed by atoms with Gasteiger partial charge in [-0.05, 0) is 36.1 Å². The summed E-state index contributed by atoms with van der Waals surface area (Å²) in [5.41, 5.74) is 1.10. The van der Waals surface area contributed by atoms with Gasteiger partial charge in [0.25, 0.3) is 0 Å². The number of nitrogens with one attached hydrogen (secondary N) is 1. The van der Waals surface area contributed by atoms with Gasteiger partial charge >= 0.3 is 0 Å². The highest BCUT2D eigenvalue weighted by molar-refractivity contribution is 5.90. The molecular formula is C21H24N2O3. The molecule has 26 heavy (non-hydrogen) atoms. The molecule has 5 heteroatoms. The van der Waals surface area contributed by atoms with Crippen molar-refractivity contribution in [2.24, 2.45) is 5.92 Å². The maximum absolute atomic E-state index is 12.5. The molecule has 2 aromatic rings. The Morgan fingerprint density at radius 1 is 1.23 bits per heavy atom. The maximum atomic E-state index is 12.5. The van der Waals surface area contributed by atoms with Crippen molar-refractivity contribution in [3.63, 3.8) is 0 Å². The molecule has 0 unspecified atom stereocenters. The Labute approximate surface area is 153 Å². The summed E-state index contributed by atoms with van der Waals surface area (Å²) in [6.45, 7) is 1.12. The number of methoxy groups -OCH3 is 1. The summed E-state index contributed by atoms with van der Waals surface area (Å²) in [5.74, 6) is 0.746. The van der Waals surface area contributed by atoms with Gasteiger partial charge < -0.3 is 15.0 Å². The van der Waals surface area contributed by atoms with Gasteiger partial charge in [-0.25, -0.2) is 0 Å². The lowest BCUT2D eigenvalue weighted by atomic mass is 10.0.